The number of halogens is 1. The molecule has 1 aliphatic carbocycles. The topological polar surface area (TPSA) is 96.5 Å². The summed E-state index contributed by atoms with van der Waals surface area (Å²) < 4.78 is 18.2. The summed E-state index contributed by atoms with van der Waals surface area (Å²) in [6, 6.07) is 14.0. The number of para-hydroxylation sites is 1. The van der Waals surface area contributed by atoms with Crippen molar-refractivity contribution in [3.05, 3.63) is 77.1 Å². The van der Waals surface area contributed by atoms with Gasteiger partial charge in [-0.3, -0.25) is 14.4 Å². The lowest BCUT2D eigenvalue weighted by Gasteiger charge is -2.20. The summed E-state index contributed by atoms with van der Waals surface area (Å²) in [7, 11) is 0. The summed E-state index contributed by atoms with van der Waals surface area (Å²) in [6.45, 7) is 15.0. The number of Topliss-reactive ketones (excluding diaryl/α,β-unsaturated/α-hetero) is 1. The molecule has 2 aromatic carbocycles. The number of nitrogens with one attached hydrogen (secondary N) is 3. The Morgan fingerprint density at radius 3 is 2.14 bits per heavy atom. The van der Waals surface area contributed by atoms with Crippen LogP contribution in [0.15, 0.2) is 60.2 Å². The Balaban J connectivity index is 0.000000613. The second-order valence-electron chi connectivity index (χ2n) is 11.5. The molecule has 2 unspecified atom stereocenters. The summed E-state index contributed by atoms with van der Waals surface area (Å²) in [5, 5.41) is 8.67. The molecule has 1 fully saturated rings. The van der Waals surface area contributed by atoms with Crippen LogP contribution < -0.4 is 20.7 Å². The third kappa shape index (κ3) is 18.9. The Kier molecular flexibility index (Phi) is 19.3. The van der Waals surface area contributed by atoms with Crippen molar-refractivity contribution in [1.29, 1.82) is 0 Å². The first-order valence-corrected chi connectivity index (χ1v) is 15.9. The molecule has 1 aliphatic rings. The Labute approximate surface area is 264 Å². The van der Waals surface area contributed by atoms with E-state index in [0.717, 1.165) is 48.5 Å². The van der Waals surface area contributed by atoms with Crippen molar-refractivity contribution in [3.8, 4) is 5.75 Å². The molecule has 2 aromatic rings. The average Bonchev–Trinajstić information content (AvgIpc) is 3.83. The van der Waals surface area contributed by atoms with Gasteiger partial charge in [-0.25, -0.2) is 4.39 Å². The highest BCUT2D eigenvalue weighted by molar-refractivity contribution is 5.84. The molecule has 244 valence electrons. The minimum atomic E-state index is -0.246. The highest BCUT2D eigenvalue weighted by atomic mass is 19.1. The molecule has 0 bridgehead atoms. The molecule has 3 rings (SSSR count). The van der Waals surface area contributed by atoms with Crippen LogP contribution in [0.25, 0.3) is 0 Å². The van der Waals surface area contributed by atoms with Crippen LogP contribution in [0.4, 0.5) is 4.39 Å². The van der Waals surface area contributed by atoms with Crippen molar-refractivity contribution in [1.82, 2.24) is 16.0 Å². The third-order valence-electron chi connectivity index (χ3n) is 6.84. The van der Waals surface area contributed by atoms with E-state index in [4.69, 9.17) is 4.74 Å². The molecule has 0 saturated heterocycles. The maximum Gasteiger partial charge on any atom is 0.239 e. The zero-order valence-corrected chi connectivity index (χ0v) is 27.8. The molecule has 0 radical (unpaired) electrons. The van der Waals surface area contributed by atoms with E-state index in [0.29, 0.717) is 19.5 Å². The number of hydrogen-bond acceptors (Lipinski definition) is 5. The summed E-state index contributed by atoms with van der Waals surface area (Å²) in [5.74, 6) is 1.32. The molecule has 8 heteroatoms. The molecule has 0 aliphatic heterocycles. The summed E-state index contributed by atoms with van der Waals surface area (Å²) in [4.78, 5) is 34.8. The van der Waals surface area contributed by atoms with Crippen LogP contribution in [0.1, 0.15) is 84.8 Å². The van der Waals surface area contributed by atoms with Crippen LogP contribution >= 0.6 is 0 Å². The molecular weight excluding hydrogens is 557 g/mol. The Morgan fingerprint density at radius 1 is 0.955 bits per heavy atom. The highest BCUT2D eigenvalue weighted by Gasteiger charge is 2.18. The fourth-order valence-corrected chi connectivity index (χ4v) is 3.58. The predicted molar refractivity (Wildman–Crippen MR) is 177 cm³/mol. The van der Waals surface area contributed by atoms with Crippen molar-refractivity contribution in [2.24, 2.45) is 5.92 Å². The first-order valence-electron chi connectivity index (χ1n) is 15.9. The normalized spacial score (nSPS) is 12.9. The van der Waals surface area contributed by atoms with Crippen molar-refractivity contribution >= 4 is 17.6 Å². The molecule has 0 aromatic heterocycles. The van der Waals surface area contributed by atoms with Gasteiger partial charge in [-0.05, 0) is 76.1 Å². The van der Waals surface area contributed by atoms with Crippen molar-refractivity contribution < 1.29 is 23.5 Å². The lowest BCUT2D eigenvalue weighted by molar-refractivity contribution is -0.125. The van der Waals surface area contributed by atoms with Gasteiger partial charge in [0, 0.05) is 19.5 Å². The zero-order valence-electron chi connectivity index (χ0n) is 27.8. The fourth-order valence-electron chi connectivity index (χ4n) is 3.58. The third-order valence-corrected chi connectivity index (χ3v) is 6.84. The van der Waals surface area contributed by atoms with E-state index in [1.54, 1.807) is 26.0 Å². The second kappa shape index (κ2) is 22.1. The number of rotatable bonds is 15. The van der Waals surface area contributed by atoms with E-state index in [1.165, 1.54) is 24.1 Å². The van der Waals surface area contributed by atoms with Crippen LogP contribution in [-0.4, -0.2) is 49.4 Å². The van der Waals surface area contributed by atoms with Gasteiger partial charge in [0.2, 0.25) is 11.8 Å². The summed E-state index contributed by atoms with van der Waals surface area (Å²) >= 11 is 0. The molecule has 44 heavy (non-hydrogen) atoms. The number of amides is 2. The van der Waals surface area contributed by atoms with E-state index < -0.39 is 0 Å². The van der Waals surface area contributed by atoms with E-state index >= 15 is 0 Å². The first kappa shape index (κ1) is 38.5. The molecule has 0 spiro atoms. The number of carbonyl (C=O) groups excluding carboxylic acids is 3. The number of ether oxygens (including phenoxy) is 1. The van der Waals surface area contributed by atoms with Crippen molar-refractivity contribution in [3.63, 3.8) is 0 Å². The Bertz CT molecular complexity index is 1140. The minimum Gasteiger partial charge on any atom is -0.489 e. The second-order valence-corrected chi connectivity index (χ2v) is 11.5. The number of ketones is 1. The van der Waals surface area contributed by atoms with Gasteiger partial charge in [0.25, 0.3) is 0 Å². The maximum atomic E-state index is 12.1. The van der Waals surface area contributed by atoms with E-state index in [-0.39, 0.29) is 42.1 Å². The van der Waals surface area contributed by atoms with Gasteiger partial charge in [0.05, 0.1) is 12.6 Å². The van der Waals surface area contributed by atoms with Gasteiger partial charge in [-0.15, -0.1) is 0 Å². The minimum absolute atomic E-state index is 0.00875. The van der Waals surface area contributed by atoms with Crippen LogP contribution in [0, 0.1) is 18.7 Å². The predicted octanol–water partition coefficient (Wildman–Crippen LogP) is 6.48. The number of aryl methyl sites for hydroxylation is 2. The van der Waals surface area contributed by atoms with Gasteiger partial charge in [0.15, 0.2) is 5.78 Å². The van der Waals surface area contributed by atoms with Crippen LogP contribution in [-0.2, 0) is 20.8 Å². The molecule has 3 N–H and O–H groups in total. The van der Waals surface area contributed by atoms with E-state index in [2.05, 4.69) is 36.7 Å². The van der Waals surface area contributed by atoms with E-state index in [1.807, 2.05) is 44.2 Å². The quantitative estimate of drug-likeness (QED) is 0.158. The van der Waals surface area contributed by atoms with Gasteiger partial charge in [-0.1, -0.05) is 81.7 Å². The number of hydrogen-bond donors (Lipinski definition) is 3. The van der Waals surface area contributed by atoms with Gasteiger partial charge in [0.1, 0.15) is 17.7 Å². The molecule has 7 nitrogen and oxygen atoms in total. The smallest absolute Gasteiger partial charge is 0.239 e. The largest absolute Gasteiger partial charge is 0.489 e. The van der Waals surface area contributed by atoms with Gasteiger partial charge >= 0.3 is 0 Å². The van der Waals surface area contributed by atoms with E-state index in [9.17, 15) is 18.8 Å². The zero-order chi connectivity index (χ0) is 32.9. The average molecular weight is 612 g/mol. The maximum absolute atomic E-state index is 12.1. The Hall–Kier alpha value is -3.52. The van der Waals surface area contributed by atoms with Crippen LogP contribution in [0.5, 0.6) is 5.75 Å². The monoisotopic (exact) mass is 611 g/mol. The number of benzene rings is 2. The number of carbonyl (C=O) groups is 3. The van der Waals surface area contributed by atoms with Crippen molar-refractivity contribution in [2.45, 2.75) is 99.1 Å². The first-order chi connectivity index (χ1) is 20.9. The number of allylic oxidation sites excluding steroid dienone is 1. The molecular formula is C36H54FN3O4. The molecule has 2 atom stereocenters. The Morgan fingerprint density at radius 2 is 1.59 bits per heavy atom. The van der Waals surface area contributed by atoms with Gasteiger partial charge < -0.3 is 20.7 Å². The fraction of sp³-hybridized carbons (Fsp3) is 0.528. The standard InChI is InChI=1S/C24H35N3O4.C7H7F.C5H12/c1-4-23(29)27-16-24(30)25-13-7-9-20-8-5-6-10-22(20)31-17(2)15-26-21(18(3)28)14-19-11-12-19;1-6-2-4-7(8)5-3-6;1-4-5(2)3/h5-6,8,10,14,17,21,26H,4,7,9,11-13,15-16H2,1-3H3,(H,25,30)(H,27,29);2-5H,1H3;5H,4H2,1-3H3. The summed E-state index contributed by atoms with van der Waals surface area (Å²) in [5.41, 5.74) is 3.50. The van der Waals surface area contributed by atoms with Crippen molar-refractivity contribution in [2.75, 3.05) is 19.6 Å². The van der Waals surface area contributed by atoms with Gasteiger partial charge in [-0.2, -0.15) is 0 Å². The van der Waals surface area contributed by atoms with Crippen LogP contribution in [0.2, 0.25) is 0 Å². The lowest BCUT2D eigenvalue weighted by Crippen LogP contribution is -2.39. The molecule has 1 saturated carbocycles. The highest BCUT2D eigenvalue weighted by Crippen LogP contribution is 2.28. The van der Waals surface area contributed by atoms with Crippen LogP contribution in [0.3, 0.4) is 0 Å². The molecule has 2 amide bonds. The lowest BCUT2D eigenvalue weighted by atomic mass is 10.1. The SMILES string of the molecule is CCC(=O)NCC(=O)NCCCc1ccccc1OC(C)CNC(C=C1CC1)C(C)=O.CCC(C)C.Cc1ccc(F)cc1. The summed E-state index contributed by atoms with van der Waals surface area (Å²) in [6.07, 6.45) is 7.33. The molecule has 0 heterocycles.